The zero-order valence-corrected chi connectivity index (χ0v) is 7.50. The van der Waals surface area contributed by atoms with Crippen LogP contribution < -0.4 is 5.73 Å². The number of rotatable bonds is 2. The molecule has 1 rings (SSSR count). The molecule has 1 aliphatic heterocycles. The zero-order chi connectivity index (χ0) is 9.19. The molecule has 1 atom stereocenters. The third-order valence-corrected chi connectivity index (χ3v) is 1.69. The van der Waals surface area contributed by atoms with E-state index in [9.17, 15) is 4.79 Å². The highest BCUT2D eigenvalue weighted by atomic mass is 16.6. The van der Waals surface area contributed by atoms with Crippen molar-refractivity contribution in [1.82, 2.24) is 0 Å². The second-order valence-corrected chi connectivity index (χ2v) is 3.61. The standard InChI is InChI=1S/C8H15NO3/c1-8(2,9)7(10)12-6-3-4-11-5-6/h6H,3-5,9H2,1-2H3/t6-/m1/s1. The maximum Gasteiger partial charge on any atom is 0.325 e. The summed E-state index contributed by atoms with van der Waals surface area (Å²) in [5.74, 6) is -0.363. The summed E-state index contributed by atoms with van der Waals surface area (Å²) in [5, 5.41) is 0. The second-order valence-electron chi connectivity index (χ2n) is 3.61. The molecule has 12 heavy (non-hydrogen) atoms. The van der Waals surface area contributed by atoms with Crippen molar-refractivity contribution >= 4 is 5.97 Å². The molecule has 0 aromatic carbocycles. The summed E-state index contributed by atoms with van der Waals surface area (Å²) in [4.78, 5) is 11.2. The van der Waals surface area contributed by atoms with Crippen LogP contribution in [0.1, 0.15) is 20.3 Å². The predicted molar refractivity (Wildman–Crippen MR) is 43.6 cm³/mol. The van der Waals surface area contributed by atoms with E-state index in [2.05, 4.69) is 0 Å². The first kappa shape index (κ1) is 9.48. The Bertz CT molecular complexity index is 168. The molecule has 70 valence electrons. The van der Waals surface area contributed by atoms with E-state index >= 15 is 0 Å². The molecule has 4 heteroatoms. The van der Waals surface area contributed by atoms with Crippen LogP contribution in [0.2, 0.25) is 0 Å². The first-order chi connectivity index (χ1) is 5.50. The van der Waals surface area contributed by atoms with Gasteiger partial charge in [-0.15, -0.1) is 0 Å². The zero-order valence-electron chi connectivity index (χ0n) is 7.50. The molecule has 1 heterocycles. The summed E-state index contributed by atoms with van der Waals surface area (Å²) in [6, 6.07) is 0. The molecule has 0 spiro atoms. The van der Waals surface area contributed by atoms with Gasteiger partial charge in [-0.05, 0) is 13.8 Å². The topological polar surface area (TPSA) is 61.6 Å². The Morgan fingerprint density at radius 1 is 1.67 bits per heavy atom. The lowest BCUT2D eigenvalue weighted by Crippen LogP contribution is -2.44. The van der Waals surface area contributed by atoms with Crippen LogP contribution in [0.5, 0.6) is 0 Å². The first-order valence-electron chi connectivity index (χ1n) is 4.08. The lowest BCUT2D eigenvalue weighted by Gasteiger charge is -2.19. The van der Waals surface area contributed by atoms with Crippen molar-refractivity contribution in [2.24, 2.45) is 5.73 Å². The Balaban J connectivity index is 2.35. The Hall–Kier alpha value is -0.610. The van der Waals surface area contributed by atoms with E-state index in [1.165, 1.54) is 0 Å². The minimum atomic E-state index is -0.900. The summed E-state index contributed by atoms with van der Waals surface area (Å²) < 4.78 is 10.1. The molecule has 0 saturated carbocycles. The van der Waals surface area contributed by atoms with Gasteiger partial charge in [0.05, 0.1) is 13.2 Å². The number of hydrogen-bond acceptors (Lipinski definition) is 4. The fourth-order valence-corrected chi connectivity index (χ4v) is 0.909. The van der Waals surface area contributed by atoms with Crippen molar-refractivity contribution in [3.8, 4) is 0 Å². The fraction of sp³-hybridized carbons (Fsp3) is 0.875. The fourth-order valence-electron chi connectivity index (χ4n) is 0.909. The molecule has 2 N–H and O–H groups in total. The molecule has 1 fully saturated rings. The number of nitrogens with two attached hydrogens (primary N) is 1. The minimum absolute atomic E-state index is 0.0969. The van der Waals surface area contributed by atoms with Crippen molar-refractivity contribution in [3.63, 3.8) is 0 Å². The average molecular weight is 173 g/mol. The molecule has 0 bridgehead atoms. The van der Waals surface area contributed by atoms with Gasteiger partial charge in [0.25, 0.3) is 0 Å². The molecule has 4 nitrogen and oxygen atoms in total. The van der Waals surface area contributed by atoms with Gasteiger partial charge >= 0.3 is 5.97 Å². The molecule has 1 aliphatic rings. The second kappa shape index (κ2) is 3.41. The predicted octanol–water partition coefficient (Wildman–Crippen LogP) is 0.0558. The van der Waals surface area contributed by atoms with Crippen LogP contribution in [-0.4, -0.2) is 30.8 Å². The quantitative estimate of drug-likeness (QED) is 0.600. The van der Waals surface area contributed by atoms with Gasteiger partial charge in [-0.1, -0.05) is 0 Å². The van der Waals surface area contributed by atoms with Gasteiger partial charge < -0.3 is 15.2 Å². The summed E-state index contributed by atoms with van der Waals surface area (Å²) in [5.41, 5.74) is 4.64. The van der Waals surface area contributed by atoms with Crippen molar-refractivity contribution < 1.29 is 14.3 Å². The highest BCUT2D eigenvalue weighted by Crippen LogP contribution is 2.11. The van der Waals surface area contributed by atoms with Crippen LogP contribution >= 0.6 is 0 Å². The molecule has 0 aliphatic carbocycles. The van der Waals surface area contributed by atoms with Crippen LogP contribution in [-0.2, 0) is 14.3 Å². The highest BCUT2D eigenvalue weighted by Gasteiger charge is 2.28. The number of carbonyl (C=O) groups is 1. The van der Waals surface area contributed by atoms with Crippen LogP contribution in [0.25, 0.3) is 0 Å². The van der Waals surface area contributed by atoms with Crippen LogP contribution in [0.15, 0.2) is 0 Å². The Morgan fingerprint density at radius 3 is 2.75 bits per heavy atom. The summed E-state index contributed by atoms with van der Waals surface area (Å²) in [6.45, 7) is 4.43. The van der Waals surface area contributed by atoms with E-state index < -0.39 is 5.54 Å². The molecule has 0 aromatic rings. The van der Waals surface area contributed by atoms with E-state index in [-0.39, 0.29) is 12.1 Å². The van der Waals surface area contributed by atoms with Crippen molar-refractivity contribution in [1.29, 1.82) is 0 Å². The Kier molecular flexibility index (Phi) is 2.69. The third-order valence-electron chi connectivity index (χ3n) is 1.69. The van der Waals surface area contributed by atoms with Gasteiger partial charge in [0.15, 0.2) is 0 Å². The number of hydrogen-bond donors (Lipinski definition) is 1. The monoisotopic (exact) mass is 173 g/mol. The maximum absolute atomic E-state index is 11.2. The van der Waals surface area contributed by atoms with Crippen molar-refractivity contribution in [3.05, 3.63) is 0 Å². The van der Waals surface area contributed by atoms with E-state index in [1.807, 2.05) is 0 Å². The lowest BCUT2D eigenvalue weighted by molar-refractivity contribution is -0.154. The minimum Gasteiger partial charge on any atom is -0.458 e. The Labute approximate surface area is 72.0 Å². The number of esters is 1. The van der Waals surface area contributed by atoms with Crippen molar-refractivity contribution in [2.45, 2.75) is 31.9 Å². The largest absolute Gasteiger partial charge is 0.458 e. The van der Waals surface area contributed by atoms with Crippen LogP contribution in [0, 0.1) is 0 Å². The van der Waals surface area contributed by atoms with E-state index in [4.69, 9.17) is 15.2 Å². The molecule has 0 amide bonds. The number of carbonyl (C=O) groups excluding carboxylic acids is 1. The lowest BCUT2D eigenvalue weighted by atomic mass is 10.1. The molecule has 1 saturated heterocycles. The highest BCUT2D eigenvalue weighted by molar-refractivity contribution is 5.79. The smallest absolute Gasteiger partial charge is 0.325 e. The summed E-state index contributed by atoms with van der Waals surface area (Å²) >= 11 is 0. The molecule has 0 radical (unpaired) electrons. The first-order valence-corrected chi connectivity index (χ1v) is 4.08. The number of ether oxygens (including phenoxy) is 2. The maximum atomic E-state index is 11.2. The summed E-state index contributed by atoms with van der Waals surface area (Å²) in [6.07, 6.45) is 0.683. The van der Waals surface area contributed by atoms with Gasteiger partial charge in [0.2, 0.25) is 0 Å². The van der Waals surface area contributed by atoms with E-state index in [1.54, 1.807) is 13.8 Å². The Morgan fingerprint density at radius 2 is 2.33 bits per heavy atom. The van der Waals surface area contributed by atoms with Gasteiger partial charge in [0.1, 0.15) is 11.6 Å². The van der Waals surface area contributed by atoms with E-state index in [0.717, 1.165) is 6.42 Å². The van der Waals surface area contributed by atoms with Gasteiger partial charge in [-0.3, -0.25) is 4.79 Å². The van der Waals surface area contributed by atoms with E-state index in [0.29, 0.717) is 13.2 Å². The molecular weight excluding hydrogens is 158 g/mol. The van der Waals surface area contributed by atoms with Gasteiger partial charge in [0, 0.05) is 6.42 Å². The normalized spacial score (nSPS) is 24.1. The average Bonchev–Trinajstić information content (AvgIpc) is 2.37. The van der Waals surface area contributed by atoms with Gasteiger partial charge in [-0.2, -0.15) is 0 Å². The third kappa shape index (κ3) is 2.46. The van der Waals surface area contributed by atoms with Crippen LogP contribution in [0.3, 0.4) is 0 Å². The summed E-state index contributed by atoms with van der Waals surface area (Å²) in [7, 11) is 0. The SMILES string of the molecule is CC(C)(N)C(=O)O[C@@H]1CCOC1. The molecular formula is C8H15NO3. The molecule has 0 unspecified atom stereocenters. The van der Waals surface area contributed by atoms with Crippen molar-refractivity contribution in [2.75, 3.05) is 13.2 Å². The van der Waals surface area contributed by atoms with Crippen LogP contribution in [0.4, 0.5) is 0 Å². The molecule has 0 aromatic heterocycles. The van der Waals surface area contributed by atoms with Gasteiger partial charge in [-0.25, -0.2) is 0 Å².